The summed E-state index contributed by atoms with van der Waals surface area (Å²) in [7, 11) is 0. The third-order valence-electron chi connectivity index (χ3n) is 7.19. The number of benzene rings is 2. The molecule has 0 radical (unpaired) electrons. The molecule has 0 amide bonds. The fourth-order valence-electron chi connectivity index (χ4n) is 4.29. The zero-order valence-electron chi connectivity index (χ0n) is 21.3. The van der Waals surface area contributed by atoms with Crippen LogP contribution in [0.5, 0.6) is 5.75 Å². The van der Waals surface area contributed by atoms with Gasteiger partial charge in [0, 0.05) is 23.1 Å². The monoisotopic (exact) mass is 436 g/mol. The fraction of sp³-hybridized carbons (Fsp3) is 0.483. The summed E-state index contributed by atoms with van der Waals surface area (Å²) < 4.78 is 0. The second-order valence-electron chi connectivity index (χ2n) is 10.4. The second-order valence-corrected chi connectivity index (χ2v) is 10.4. The molecule has 3 heteroatoms. The van der Waals surface area contributed by atoms with Crippen molar-refractivity contribution in [1.82, 2.24) is 0 Å². The lowest BCUT2D eigenvalue weighted by molar-refractivity contribution is -0.131. The number of aryl methyl sites for hydroxylation is 2. The summed E-state index contributed by atoms with van der Waals surface area (Å²) >= 11 is 0. The van der Waals surface area contributed by atoms with Crippen LogP contribution >= 0.6 is 0 Å². The number of hydrogen-bond donors (Lipinski definition) is 2. The van der Waals surface area contributed by atoms with Gasteiger partial charge in [0.05, 0.1) is 0 Å². The lowest BCUT2D eigenvalue weighted by Gasteiger charge is -2.31. The molecule has 1 atom stereocenters. The highest BCUT2D eigenvalue weighted by atomic mass is 16.4. The SMILES string of the molecule is CCC(C)(C)c1cc(C)cc(C(C)c2cc(C)cc(C(C)(C)CC)c2C=CC(=O)O)c1O. The number of carboxylic acid groups (broad SMARTS) is 1. The molecule has 0 aliphatic rings. The molecule has 32 heavy (non-hydrogen) atoms. The van der Waals surface area contributed by atoms with E-state index in [9.17, 15) is 15.0 Å². The molecule has 174 valence electrons. The lowest BCUT2D eigenvalue weighted by atomic mass is 9.74. The number of hydrogen-bond acceptors (Lipinski definition) is 2. The summed E-state index contributed by atoms with van der Waals surface area (Å²) in [5.74, 6) is -0.711. The largest absolute Gasteiger partial charge is 0.507 e. The maximum atomic E-state index is 11.4. The maximum absolute atomic E-state index is 11.4. The van der Waals surface area contributed by atoms with Crippen molar-refractivity contribution in [3.63, 3.8) is 0 Å². The van der Waals surface area contributed by atoms with E-state index in [1.54, 1.807) is 6.08 Å². The summed E-state index contributed by atoms with van der Waals surface area (Å²) in [4.78, 5) is 11.4. The minimum absolute atomic E-state index is 0.0962. The molecule has 2 N–H and O–H groups in total. The molecular formula is C29H40O3. The molecule has 3 nitrogen and oxygen atoms in total. The molecule has 0 bridgehead atoms. The Bertz CT molecular complexity index is 1030. The molecule has 0 aliphatic heterocycles. The van der Waals surface area contributed by atoms with Gasteiger partial charge in [0.1, 0.15) is 5.75 Å². The molecule has 0 saturated heterocycles. The Hall–Kier alpha value is -2.55. The molecule has 0 fully saturated rings. The van der Waals surface area contributed by atoms with E-state index in [-0.39, 0.29) is 16.7 Å². The minimum atomic E-state index is -0.963. The Morgan fingerprint density at radius 2 is 1.38 bits per heavy atom. The standard InChI is InChI=1S/C29H40O3/c1-10-28(6,7)24-16-18(3)14-22(21(24)12-13-26(30)31)20(5)23-15-19(4)17-25(27(23)32)29(8,9)11-2/h12-17,20,32H,10-11H2,1-9H3,(H,30,31). The number of aromatic hydroxyl groups is 1. The number of carboxylic acids is 1. The predicted molar refractivity (Wildman–Crippen MR) is 135 cm³/mol. The summed E-state index contributed by atoms with van der Waals surface area (Å²) in [5, 5.41) is 20.7. The van der Waals surface area contributed by atoms with Crippen LogP contribution in [0.2, 0.25) is 0 Å². The number of phenolic OH excluding ortho intramolecular Hbond substituents is 1. The maximum Gasteiger partial charge on any atom is 0.328 e. The average Bonchev–Trinajstić information content (AvgIpc) is 2.72. The first-order valence-electron chi connectivity index (χ1n) is 11.6. The van der Waals surface area contributed by atoms with Crippen molar-refractivity contribution in [3.8, 4) is 5.75 Å². The first-order valence-corrected chi connectivity index (χ1v) is 11.6. The van der Waals surface area contributed by atoms with Gasteiger partial charge >= 0.3 is 5.97 Å². The van der Waals surface area contributed by atoms with E-state index in [0.717, 1.165) is 51.8 Å². The van der Waals surface area contributed by atoms with Crippen LogP contribution in [-0.4, -0.2) is 16.2 Å². The summed E-state index contributed by atoms with van der Waals surface area (Å²) in [5.41, 5.74) is 6.97. The van der Waals surface area contributed by atoms with Crippen LogP contribution in [-0.2, 0) is 15.6 Å². The van der Waals surface area contributed by atoms with Gasteiger partial charge in [0.2, 0.25) is 0 Å². The normalized spacial score (nSPS) is 13.5. The van der Waals surface area contributed by atoms with Crippen LogP contribution in [0.15, 0.2) is 30.3 Å². The molecular weight excluding hydrogens is 396 g/mol. The van der Waals surface area contributed by atoms with Crippen molar-refractivity contribution in [2.45, 2.75) is 91.9 Å². The quantitative estimate of drug-likeness (QED) is 0.418. The van der Waals surface area contributed by atoms with Crippen LogP contribution in [0, 0.1) is 13.8 Å². The molecule has 0 aromatic heterocycles. The van der Waals surface area contributed by atoms with E-state index in [2.05, 4.69) is 86.6 Å². The Morgan fingerprint density at radius 1 is 0.906 bits per heavy atom. The van der Waals surface area contributed by atoms with Crippen molar-refractivity contribution in [2.75, 3.05) is 0 Å². The number of phenols is 1. The Balaban J connectivity index is 2.85. The van der Waals surface area contributed by atoms with Crippen LogP contribution in [0.1, 0.15) is 106 Å². The third-order valence-corrected chi connectivity index (χ3v) is 7.19. The van der Waals surface area contributed by atoms with Crippen LogP contribution in [0.25, 0.3) is 6.08 Å². The van der Waals surface area contributed by atoms with Gasteiger partial charge in [-0.1, -0.05) is 83.9 Å². The lowest BCUT2D eigenvalue weighted by Crippen LogP contribution is -2.19. The highest BCUT2D eigenvalue weighted by molar-refractivity contribution is 5.86. The van der Waals surface area contributed by atoms with Gasteiger partial charge in [-0.05, 0) is 60.3 Å². The van der Waals surface area contributed by atoms with Crippen molar-refractivity contribution in [1.29, 1.82) is 0 Å². The van der Waals surface area contributed by atoms with Crippen LogP contribution in [0.3, 0.4) is 0 Å². The van der Waals surface area contributed by atoms with Gasteiger partial charge < -0.3 is 10.2 Å². The molecule has 0 spiro atoms. The van der Waals surface area contributed by atoms with Crippen molar-refractivity contribution >= 4 is 12.0 Å². The van der Waals surface area contributed by atoms with E-state index in [1.807, 2.05) is 0 Å². The molecule has 2 rings (SSSR count). The Labute approximate surface area is 194 Å². The van der Waals surface area contributed by atoms with Gasteiger partial charge in [0.15, 0.2) is 0 Å². The van der Waals surface area contributed by atoms with E-state index < -0.39 is 5.97 Å². The van der Waals surface area contributed by atoms with Gasteiger partial charge in [-0.3, -0.25) is 0 Å². The van der Waals surface area contributed by atoms with Crippen LogP contribution in [0.4, 0.5) is 0 Å². The van der Waals surface area contributed by atoms with Gasteiger partial charge in [-0.15, -0.1) is 0 Å². The molecule has 0 heterocycles. The average molecular weight is 437 g/mol. The predicted octanol–water partition coefficient (Wildman–Crippen LogP) is 7.63. The Morgan fingerprint density at radius 3 is 1.88 bits per heavy atom. The first-order chi connectivity index (χ1) is 14.7. The first kappa shape index (κ1) is 25.7. The van der Waals surface area contributed by atoms with Gasteiger partial charge in [0.25, 0.3) is 0 Å². The summed E-state index contributed by atoms with van der Waals surface area (Å²) in [6.45, 7) is 19.3. The summed E-state index contributed by atoms with van der Waals surface area (Å²) in [6, 6.07) is 8.45. The van der Waals surface area contributed by atoms with Crippen molar-refractivity contribution in [2.24, 2.45) is 0 Å². The fourth-order valence-corrected chi connectivity index (χ4v) is 4.29. The van der Waals surface area contributed by atoms with Gasteiger partial charge in [-0.25, -0.2) is 4.79 Å². The molecule has 1 unspecified atom stereocenters. The molecule has 0 saturated carbocycles. The zero-order chi connectivity index (χ0) is 24.4. The van der Waals surface area contributed by atoms with Gasteiger partial charge in [-0.2, -0.15) is 0 Å². The Kier molecular flexibility index (Phi) is 7.65. The second kappa shape index (κ2) is 9.52. The topological polar surface area (TPSA) is 57.5 Å². The van der Waals surface area contributed by atoms with E-state index >= 15 is 0 Å². The molecule has 2 aromatic carbocycles. The zero-order valence-corrected chi connectivity index (χ0v) is 21.3. The number of aliphatic carboxylic acids is 1. The highest BCUT2D eigenvalue weighted by Crippen LogP contribution is 2.43. The summed E-state index contributed by atoms with van der Waals surface area (Å²) in [6.07, 6.45) is 4.80. The van der Waals surface area contributed by atoms with Crippen molar-refractivity contribution in [3.05, 3.63) is 69.3 Å². The number of rotatable bonds is 8. The van der Waals surface area contributed by atoms with Crippen molar-refractivity contribution < 1.29 is 15.0 Å². The molecule has 2 aromatic rings. The van der Waals surface area contributed by atoms with E-state index in [0.29, 0.717) is 5.75 Å². The highest BCUT2D eigenvalue weighted by Gasteiger charge is 2.29. The van der Waals surface area contributed by atoms with Crippen LogP contribution < -0.4 is 0 Å². The van der Waals surface area contributed by atoms with E-state index in [1.165, 1.54) is 6.08 Å². The van der Waals surface area contributed by atoms with E-state index in [4.69, 9.17) is 0 Å². The number of carbonyl (C=O) groups is 1. The minimum Gasteiger partial charge on any atom is -0.507 e. The third kappa shape index (κ3) is 5.26. The smallest absolute Gasteiger partial charge is 0.328 e. The molecule has 0 aliphatic carbocycles.